The first-order valence-corrected chi connectivity index (χ1v) is 5.66. The zero-order valence-corrected chi connectivity index (χ0v) is 10.1. The number of fused-ring (bicyclic) bond motifs is 1. The van der Waals surface area contributed by atoms with Crippen LogP contribution in [0.1, 0.15) is 11.7 Å². The van der Waals surface area contributed by atoms with E-state index in [0.717, 1.165) is 22.1 Å². The van der Waals surface area contributed by atoms with Gasteiger partial charge in [-0.05, 0) is 24.1 Å². The molecule has 0 saturated carbocycles. The summed E-state index contributed by atoms with van der Waals surface area (Å²) in [5.41, 5.74) is 0.927. The summed E-state index contributed by atoms with van der Waals surface area (Å²) in [5, 5.41) is 15.1. The minimum atomic E-state index is -0.504. The number of benzene rings is 2. The molecule has 1 unspecified atom stereocenters. The fourth-order valence-corrected chi connectivity index (χ4v) is 2.07. The lowest BCUT2D eigenvalue weighted by Gasteiger charge is -2.15. The first-order valence-electron chi connectivity index (χ1n) is 5.66. The van der Waals surface area contributed by atoms with Crippen molar-refractivity contribution in [3.8, 4) is 5.75 Å². The molecule has 0 bridgehead atoms. The molecule has 90 valence electrons. The number of rotatable bonds is 4. The van der Waals surface area contributed by atoms with Gasteiger partial charge in [0.25, 0.3) is 0 Å². The van der Waals surface area contributed by atoms with Crippen LogP contribution in [0.2, 0.25) is 0 Å². The molecule has 0 spiro atoms. The van der Waals surface area contributed by atoms with E-state index in [2.05, 4.69) is 5.32 Å². The normalized spacial score (nSPS) is 12.6. The van der Waals surface area contributed by atoms with Crippen LogP contribution < -0.4 is 10.1 Å². The maximum atomic E-state index is 10.1. The Bertz CT molecular complexity index is 511. The molecule has 3 heteroatoms. The van der Waals surface area contributed by atoms with Crippen LogP contribution >= 0.6 is 0 Å². The van der Waals surface area contributed by atoms with Gasteiger partial charge in [0.15, 0.2) is 0 Å². The number of ether oxygens (including phenoxy) is 1. The van der Waals surface area contributed by atoms with Crippen LogP contribution in [-0.2, 0) is 0 Å². The molecule has 2 aromatic carbocycles. The summed E-state index contributed by atoms with van der Waals surface area (Å²) in [6, 6.07) is 11.8. The summed E-state index contributed by atoms with van der Waals surface area (Å²) >= 11 is 0. The summed E-state index contributed by atoms with van der Waals surface area (Å²) < 4.78 is 5.32. The topological polar surface area (TPSA) is 41.5 Å². The highest BCUT2D eigenvalue weighted by Gasteiger charge is 2.12. The SMILES string of the molecule is CNCC(O)c1ccc(OC)c2ccccc12. The number of hydrogen-bond donors (Lipinski definition) is 2. The molecule has 0 fully saturated rings. The molecule has 0 saturated heterocycles. The van der Waals surface area contributed by atoms with Gasteiger partial charge in [-0.1, -0.05) is 30.3 Å². The lowest BCUT2D eigenvalue weighted by Crippen LogP contribution is -2.16. The van der Waals surface area contributed by atoms with Crippen molar-refractivity contribution in [3.63, 3.8) is 0 Å². The second kappa shape index (κ2) is 5.17. The summed E-state index contributed by atoms with van der Waals surface area (Å²) in [5.74, 6) is 0.834. The van der Waals surface area contributed by atoms with E-state index in [-0.39, 0.29) is 0 Å². The van der Waals surface area contributed by atoms with Gasteiger partial charge in [-0.3, -0.25) is 0 Å². The average molecular weight is 231 g/mol. The van der Waals surface area contributed by atoms with Gasteiger partial charge < -0.3 is 15.2 Å². The van der Waals surface area contributed by atoms with Crippen molar-refractivity contribution in [2.24, 2.45) is 0 Å². The van der Waals surface area contributed by atoms with Crippen molar-refractivity contribution < 1.29 is 9.84 Å². The Morgan fingerprint density at radius 2 is 1.88 bits per heavy atom. The van der Waals surface area contributed by atoms with E-state index in [1.165, 1.54) is 0 Å². The van der Waals surface area contributed by atoms with Crippen LogP contribution in [0.25, 0.3) is 10.8 Å². The lowest BCUT2D eigenvalue weighted by atomic mass is 9.99. The third-order valence-electron chi connectivity index (χ3n) is 2.89. The molecule has 2 N–H and O–H groups in total. The van der Waals surface area contributed by atoms with Gasteiger partial charge in [0.05, 0.1) is 13.2 Å². The van der Waals surface area contributed by atoms with Crippen molar-refractivity contribution in [2.75, 3.05) is 20.7 Å². The fourth-order valence-electron chi connectivity index (χ4n) is 2.07. The fraction of sp³-hybridized carbons (Fsp3) is 0.286. The summed E-state index contributed by atoms with van der Waals surface area (Å²) in [6.45, 7) is 0.538. The molecular formula is C14H17NO2. The lowest BCUT2D eigenvalue weighted by molar-refractivity contribution is 0.179. The second-order valence-electron chi connectivity index (χ2n) is 3.98. The van der Waals surface area contributed by atoms with Gasteiger partial charge in [-0.2, -0.15) is 0 Å². The Kier molecular flexibility index (Phi) is 3.61. The van der Waals surface area contributed by atoms with Gasteiger partial charge in [0, 0.05) is 11.9 Å². The van der Waals surface area contributed by atoms with Crippen LogP contribution in [-0.4, -0.2) is 25.8 Å². The van der Waals surface area contributed by atoms with Gasteiger partial charge in [0.2, 0.25) is 0 Å². The Hall–Kier alpha value is -1.58. The molecule has 3 nitrogen and oxygen atoms in total. The largest absolute Gasteiger partial charge is 0.496 e. The Morgan fingerprint density at radius 1 is 1.18 bits per heavy atom. The van der Waals surface area contributed by atoms with Crippen molar-refractivity contribution in [2.45, 2.75) is 6.10 Å². The van der Waals surface area contributed by atoms with Crippen LogP contribution in [0.5, 0.6) is 5.75 Å². The molecule has 0 aromatic heterocycles. The predicted molar refractivity (Wildman–Crippen MR) is 69.4 cm³/mol. The minimum absolute atomic E-state index is 0.504. The third-order valence-corrected chi connectivity index (χ3v) is 2.89. The van der Waals surface area contributed by atoms with Crippen molar-refractivity contribution in [3.05, 3.63) is 42.0 Å². The summed E-state index contributed by atoms with van der Waals surface area (Å²) in [4.78, 5) is 0. The van der Waals surface area contributed by atoms with E-state index in [0.29, 0.717) is 6.54 Å². The smallest absolute Gasteiger partial charge is 0.126 e. The van der Waals surface area contributed by atoms with Crippen LogP contribution in [0.3, 0.4) is 0 Å². The Morgan fingerprint density at radius 3 is 2.53 bits per heavy atom. The summed E-state index contributed by atoms with van der Waals surface area (Å²) in [7, 11) is 3.49. The van der Waals surface area contributed by atoms with Crippen molar-refractivity contribution >= 4 is 10.8 Å². The van der Waals surface area contributed by atoms with Crippen molar-refractivity contribution in [1.29, 1.82) is 0 Å². The Labute approximate surface area is 101 Å². The highest BCUT2D eigenvalue weighted by atomic mass is 16.5. The minimum Gasteiger partial charge on any atom is -0.496 e. The molecule has 2 rings (SSSR count). The van der Waals surface area contributed by atoms with Crippen LogP contribution in [0, 0.1) is 0 Å². The predicted octanol–water partition coefficient (Wildman–Crippen LogP) is 2.10. The van der Waals surface area contributed by atoms with Gasteiger partial charge in [-0.25, -0.2) is 0 Å². The molecule has 0 aliphatic rings. The quantitative estimate of drug-likeness (QED) is 0.846. The van der Waals surface area contributed by atoms with Gasteiger partial charge in [-0.15, -0.1) is 0 Å². The second-order valence-corrected chi connectivity index (χ2v) is 3.98. The maximum Gasteiger partial charge on any atom is 0.126 e. The highest BCUT2D eigenvalue weighted by molar-refractivity contribution is 5.91. The number of aliphatic hydroxyl groups is 1. The number of nitrogens with one attached hydrogen (secondary N) is 1. The zero-order chi connectivity index (χ0) is 12.3. The standard InChI is InChI=1S/C14H17NO2/c1-15-9-13(16)11-7-8-14(17-2)12-6-4-3-5-10(11)12/h3-8,13,15-16H,9H2,1-2H3. The maximum absolute atomic E-state index is 10.1. The monoisotopic (exact) mass is 231 g/mol. The molecule has 0 radical (unpaired) electrons. The van der Waals surface area contributed by atoms with E-state index < -0.39 is 6.10 Å². The van der Waals surface area contributed by atoms with E-state index in [1.54, 1.807) is 7.11 Å². The average Bonchev–Trinajstić information content (AvgIpc) is 2.37. The summed E-state index contributed by atoms with van der Waals surface area (Å²) in [6.07, 6.45) is -0.504. The van der Waals surface area contributed by atoms with Gasteiger partial charge in [0.1, 0.15) is 5.75 Å². The molecular weight excluding hydrogens is 214 g/mol. The zero-order valence-electron chi connectivity index (χ0n) is 10.1. The van der Waals surface area contributed by atoms with E-state index >= 15 is 0 Å². The molecule has 0 amide bonds. The molecule has 0 aliphatic heterocycles. The molecule has 17 heavy (non-hydrogen) atoms. The number of likely N-dealkylation sites (N-methyl/N-ethyl adjacent to an activating group) is 1. The van der Waals surface area contributed by atoms with Gasteiger partial charge >= 0.3 is 0 Å². The Balaban J connectivity index is 2.58. The number of aliphatic hydroxyl groups excluding tert-OH is 1. The van der Waals surface area contributed by atoms with Crippen LogP contribution in [0.15, 0.2) is 36.4 Å². The van der Waals surface area contributed by atoms with Crippen molar-refractivity contribution in [1.82, 2.24) is 5.32 Å². The van der Waals surface area contributed by atoms with E-state index in [1.807, 2.05) is 43.4 Å². The highest BCUT2D eigenvalue weighted by Crippen LogP contribution is 2.31. The van der Waals surface area contributed by atoms with Crippen LogP contribution in [0.4, 0.5) is 0 Å². The number of methoxy groups -OCH3 is 1. The first kappa shape index (κ1) is 11.9. The first-order chi connectivity index (χ1) is 8.27. The molecule has 0 heterocycles. The number of hydrogen-bond acceptors (Lipinski definition) is 3. The molecule has 2 aromatic rings. The van der Waals surface area contributed by atoms with E-state index in [9.17, 15) is 5.11 Å². The molecule has 0 aliphatic carbocycles. The molecule has 1 atom stereocenters. The van der Waals surface area contributed by atoms with E-state index in [4.69, 9.17) is 4.74 Å². The third kappa shape index (κ3) is 2.25.